The molecule has 16 nitrogen and oxygen atoms in total. The number of guanidine groups is 1. The number of hydrogen-bond acceptors (Lipinski definition) is 8. The van der Waals surface area contributed by atoms with Crippen molar-refractivity contribution in [2.24, 2.45) is 22.2 Å². The van der Waals surface area contributed by atoms with Gasteiger partial charge in [-0.3, -0.25) is 33.8 Å². The second-order valence-electron chi connectivity index (χ2n) is 15.2. The summed E-state index contributed by atoms with van der Waals surface area (Å²) >= 11 is 0. The quantitative estimate of drug-likeness (QED) is 0.0313. The summed E-state index contributed by atoms with van der Waals surface area (Å²) in [6.07, 6.45) is 0.332. The van der Waals surface area contributed by atoms with Gasteiger partial charge in [0.05, 0.1) is 0 Å². The summed E-state index contributed by atoms with van der Waals surface area (Å²) in [6.45, 7) is 2.84. The average molecular weight is 844 g/mol. The van der Waals surface area contributed by atoms with Crippen molar-refractivity contribution in [1.82, 2.24) is 26.6 Å². The van der Waals surface area contributed by atoms with Crippen LogP contribution in [0.25, 0.3) is 21.5 Å². The molecule has 5 aromatic carbocycles. The number of aliphatic imine (C=N–C) groups is 1. The third-order valence-corrected chi connectivity index (χ3v) is 10.2. The second kappa shape index (κ2) is 21.7. The molecule has 5 rings (SSSR count). The zero-order valence-electron chi connectivity index (χ0n) is 34.6. The zero-order valence-corrected chi connectivity index (χ0v) is 34.6. The molecular weight excluding hydrogens is 791 g/mol. The SMILES string of the molecule is CC(=O)N[C@H](Cc1ccc2ccccc2c1)C(=O)N[C@@H](Cc1ccc(O)cc1)C(=O)N[C@H](Cc1ccc2ccccc2c1)C(=O)N[C@@H](CCCN=C(N)N)C(=O)N[C@H](C)C(N)=O. The molecule has 0 bridgehead atoms. The summed E-state index contributed by atoms with van der Waals surface area (Å²) in [5.74, 6) is -4.22. The van der Waals surface area contributed by atoms with E-state index < -0.39 is 65.7 Å². The van der Waals surface area contributed by atoms with Gasteiger partial charge in [0.15, 0.2) is 5.96 Å². The normalized spacial score (nSPS) is 13.4. The predicted octanol–water partition coefficient (Wildman–Crippen LogP) is 1.73. The van der Waals surface area contributed by atoms with E-state index >= 15 is 0 Å². The molecule has 6 amide bonds. The van der Waals surface area contributed by atoms with Crippen molar-refractivity contribution in [2.45, 2.75) is 76.2 Å². The van der Waals surface area contributed by atoms with Crippen LogP contribution in [0.4, 0.5) is 0 Å². The first-order chi connectivity index (χ1) is 29.6. The monoisotopic (exact) mass is 843 g/mol. The fraction of sp³-hybridized carbons (Fsp3) is 0.283. The number of rotatable bonds is 20. The van der Waals surface area contributed by atoms with Crippen LogP contribution in [0.2, 0.25) is 0 Å². The number of nitrogens with one attached hydrogen (secondary N) is 5. The lowest BCUT2D eigenvalue weighted by atomic mass is 9.98. The number of nitrogens with zero attached hydrogens (tertiary/aromatic N) is 1. The number of phenolic OH excluding ortho intramolecular Hbond substituents is 1. The Balaban J connectivity index is 1.45. The van der Waals surface area contributed by atoms with Crippen LogP contribution in [-0.2, 0) is 48.0 Å². The number of aromatic hydroxyl groups is 1. The van der Waals surface area contributed by atoms with Crippen molar-refractivity contribution in [1.29, 1.82) is 0 Å². The molecule has 0 aromatic heterocycles. The van der Waals surface area contributed by atoms with Gasteiger partial charge in [0.25, 0.3) is 0 Å². The van der Waals surface area contributed by atoms with Gasteiger partial charge in [-0.15, -0.1) is 0 Å². The van der Waals surface area contributed by atoms with E-state index in [4.69, 9.17) is 17.2 Å². The fourth-order valence-electron chi connectivity index (χ4n) is 6.92. The van der Waals surface area contributed by atoms with Crippen LogP contribution in [0.1, 0.15) is 43.4 Å². The highest BCUT2D eigenvalue weighted by Crippen LogP contribution is 2.19. The lowest BCUT2D eigenvalue weighted by Crippen LogP contribution is -2.59. The molecule has 0 unspecified atom stereocenters. The Morgan fingerprint density at radius 1 is 0.548 bits per heavy atom. The first-order valence-electron chi connectivity index (χ1n) is 20.2. The minimum Gasteiger partial charge on any atom is -0.508 e. The number of carbonyl (C=O) groups excluding carboxylic acids is 6. The van der Waals surface area contributed by atoms with E-state index in [1.54, 1.807) is 12.1 Å². The molecule has 0 aliphatic carbocycles. The number of phenols is 1. The Bertz CT molecular complexity index is 2440. The second-order valence-corrected chi connectivity index (χ2v) is 15.2. The standard InChI is InChI=1S/C46H53N9O7/c1-27(41(47)58)51-42(59)37(12-7-21-50-46(48)49)53-44(61)40(26-31-14-18-33-9-4-6-11-35(33)23-31)55-45(62)39(24-29-15-19-36(57)20-16-29)54-43(60)38(52-28(2)56)25-30-13-17-32-8-3-5-10-34(32)22-30/h3-6,8-11,13-20,22-23,27,37-40,57H,7,12,21,24-26H2,1-2H3,(H2,47,58)(H,51,59)(H,52,56)(H,53,61)(H,54,60)(H,55,62)(H4,48,49,50)/t27-,37+,38-,39+,40-/m1/s1. The van der Waals surface area contributed by atoms with Crippen molar-refractivity contribution >= 4 is 62.9 Å². The number of benzene rings is 5. The third kappa shape index (κ3) is 13.5. The molecule has 324 valence electrons. The maximum atomic E-state index is 14.5. The van der Waals surface area contributed by atoms with Crippen LogP contribution in [-0.4, -0.2) is 83.3 Å². The number of amides is 6. The Labute approximate surface area is 359 Å². The molecule has 5 atom stereocenters. The summed E-state index contributed by atoms with van der Waals surface area (Å²) in [4.78, 5) is 84.7. The molecule has 0 aliphatic rings. The lowest BCUT2D eigenvalue weighted by Gasteiger charge is -2.27. The van der Waals surface area contributed by atoms with Crippen LogP contribution < -0.4 is 43.8 Å². The number of fused-ring (bicyclic) bond motifs is 2. The molecule has 0 heterocycles. The van der Waals surface area contributed by atoms with Crippen LogP contribution in [0, 0.1) is 0 Å². The Morgan fingerprint density at radius 3 is 1.44 bits per heavy atom. The molecule has 16 heteroatoms. The van der Waals surface area contributed by atoms with Crippen LogP contribution in [0.5, 0.6) is 5.75 Å². The van der Waals surface area contributed by atoms with Crippen LogP contribution in [0.3, 0.4) is 0 Å². The van der Waals surface area contributed by atoms with Gasteiger partial charge in [0.1, 0.15) is 36.0 Å². The maximum absolute atomic E-state index is 14.5. The van der Waals surface area contributed by atoms with E-state index in [0.29, 0.717) is 11.1 Å². The third-order valence-electron chi connectivity index (χ3n) is 10.2. The Morgan fingerprint density at radius 2 is 0.968 bits per heavy atom. The van der Waals surface area contributed by atoms with Gasteiger partial charge in [-0.05, 0) is 70.1 Å². The van der Waals surface area contributed by atoms with E-state index in [9.17, 15) is 33.9 Å². The summed E-state index contributed by atoms with van der Waals surface area (Å²) < 4.78 is 0. The minimum atomic E-state index is -1.30. The smallest absolute Gasteiger partial charge is 0.243 e. The summed E-state index contributed by atoms with van der Waals surface area (Å²) in [5.41, 5.74) is 18.4. The molecule has 0 aliphatic heterocycles. The number of carbonyl (C=O) groups is 6. The minimum absolute atomic E-state index is 0.00544. The van der Waals surface area contributed by atoms with E-state index in [1.165, 1.54) is 26.0 Å². The van der Waals surface area contributed by atoms with Gasteiger partial charge in [-0.25, -0.2) is 0 Å². The molecule has 12 N–H and O–H groups in total. The van der Waals surface area contributed by atoms with Gasteiger partial charge >= 0.3 is 0 Å². The molecule has 0 spiro atoms. The molecule has 0 saturated carbocycles. The van der Waals surface area contributed by atoms with Gasteiger partial charge in [0, 0.05) is 32.7 Å². The molecule has 0 fully saturated rings. The number of nitrogens with two attached hydrogens (primary N) is 3. The van der Waals surface area contributed by atoms with Gasteiger partial charge in [-0.2, -0.15) is 0 Å². The first-order valence-corrected chi connectivity index (χ1v) is 20.2. The summed E-state index contributed by atoms with van der Waals surface area (Å²) in [5, 5.41) is 27.4. The first kappa shape index (κ1) is 45.6. The van der Waals surface area contributed by atoms with Crippen molar-refractivity contribution in [3.8, 4) is 5.75 Å². The van der Waals surface area contributed by atoms with Gasteiger partial charge < -0.3 is 48.9 Å². The number of primary amides is 1. The molecular formula is C46H53N9O7. The summed E-state index contributed by atoms with van der Waals surface area (Å²) in [6, 6.07) is 26.8. The van der Waals surface area contributed by atoms with E-state index in [0.717, 1.165) is 27.1 Å². The van der Waals surface area contributed by atoms with Crippen LogP contribution in [0.15, 0.2) is 114 Å². The molecule has 5 aromatic rings. The number of hydrogen-bond donors (Lipinski definition) is 9. The highest BCUT2D eigenvalue weighted by Gasteiger charge is 2.32. The van der Waals surface area contributed by atoms with E-state index in [-0.39, 0.29) is 50.4 Å². The van der Waals surface area contributed by atoms with Gasteiger partial charge in [0.2, 0.25) is 35.4 Å². The lowest BCUT2D eigenvalue weighted by molar-refractivity contribution is -0.135. The largest absolute Gasteiger partial charge is 0.508 e. The van der Waals surface area contributed by atoms with Crippen molar-refractivity contribution in [3.63, 3.8) is 0 Å². The predicted molar refractivity (Wildman–Crippen MR) is 237 cm³/mol. The topological polar surface area (TPSA) is 273 Å². The Kier molecular flexibility index (Phi) is 15.9. The summed E-state index contributed by atoms with van der Waals surface area (Å²) in [7, 11) is 0. The molecule has 62 heavy (non-hydrogen) atoms. The highest BCUT2D eigenvalue weighted by molar-refractivity contribution is 5.97. The molecule has 0 radical (unpaired) electrons. The van der Waals surface area contributed by atoms with E-state index in [2.05, 4.69) is 31.6 Å². The zero-order chi connectivity index (χ0) is 44.8. The van der Waals surface area contributed by atoms with Crippen molar-refractivity contribution in [3.05, 3.63) is 126 Å². The van der Waals surface area contributed by atoms with Gasteiger partial charge in [-0.1, -0.05) is 97.1 Å². The van der Waals surface area contributed by atoms with Crippen molar-refractivity contribution in [2.75, 3.05) is 6.54 Å². The Hall–Kier alpha value is -7.49. The maximum Gasteiger partial charge on any atom is 0.243 e. The molecule has 0 saturated heterocycles. The average Bonchev–Trinajstić information content (AvgIpc) is 3.24. The highest BCUT2D eigenvalue weighted by atomic mass is 16.3. The van der Waals surface area contributed by atoms with Crippen molar-refractivity contribution < 1.29 is 33.9 Å². The van der Waals surface area contributed by atoms with Crippen LogP contribution >= 0.6 is 0 Å². The van der Waals surface area contributed by atoms with E-state index in [1.807, 2.05) is 84.9 Å². The fourth-order valence-corrected chi connectivity index (χ4v) is 6.92.